The molecule has 1 atom stereocenters. The van der Waals surface area contributed by atoms with Crippen molar-refractivity contribution in [2.45, 2.75) is 19.4 Å². The zero-order valence-electron chi connectivity index (χ0n) is 12.6. The Kier molecular flexibility index (Phi) is 5.97. The molecular formula is C16H23FN4. The number of anilines is 1. The molecule has 1 fully saturated rings. The molecule has 0 saturated carbocycles. The van der Waals surface area contributed by atoms with Gasteiger partial charge in [-0.1, -0.05) is 6.92 Å². The lowest BCUT2D eigenvalue weighted by atomic mass is 10.2. The summed E-state index contributed by atoms with van der Waals surface area (Å²) in [5.41, 5.74) is 1.07. The maximum Gasteiger partial charge on any atom is 0.123 e. The van der Waals surface area contributed by atoms with Gasteiger partial charge in [-0.2, -0.15) is 5.26 Å². The lowest BCUT2D eigenvalue weighted by Gasteiger charge is -2.36. The fraction of sp³-hybridized carbons (Fsp3) is 0.562. The van der Waals surface area contributed by atoms with Crippen molar-refractivity contribution in [2.24, 2.45) is 0 Å². The number of benzene rings is 1. The molecule has 114 valence electrons. The van der Waals surface area contributed by atoms with Gasteiger partial charge in [-0.05, 0) is 37.2 Å². The largest absolute Gasteiger partial charge is 0.369 e. The normalized spacial score (nSPS) is 17.5. The Hall–Kier alpha value is -1.64. The molecule has 21 heavy (non-hydrogen) atoms. The van der Waals surface area contributed by atoms with Crippen LogP contribution in [0.15, 0.2) is 24.3 Å². The summed E-state index contributed by atoms with van der Waals surface area (Å²) in [6, 6.07) is 8.88. The molecule has 0 spiro atoms. The second kappa shape index (κ2) is 7.96. The summed E-state index contributed by atoms with van der Waals surface area (Å²) in [6.45, 7) is 7.45. The van der Waals surface area contributed by atoms with Gasteiger partial charge in [-0.15, -0.1) is 0 Å². The van der Waals surface area contributed by atoms with Gasteiger partial charge < -0.3 is 10.2 Å². The molecule has 2 rings (SSSR count). The maximum atomic E-state index is 12.9. The zero-order valence-corrected chi connectivity index (χ0v) is 12.6. The van der Waals surface area contributed by atoms with E-state index in [9.17, 15) is 4.39 Å². The smallest absolute Gasteiger partial charge is 0.123 e. The number of hydrogen-bond acceptors (Lipinski definition) is 4. The van der Waals surface area contributed by atoms with Crippen LogP contribution in [0.25, 0.3) is 0 Å². The van der Waals surface area contributed by atoms with Gasteiger partial charge in [0.05, 0.1) is 6.07 Å². The predicted molar refractivity (Wildman–Crippen MR) is 82.7 cm³/mol. The molecule has 5 heteroatoms. The molecule has 4 nitrogen and oxygen atoms in total. The molecule has 0 amide bonds. The summed E-state index contributed by atoms with van der Waals surface area (Å²) < 4.78 is 12.9. The predicted octanol–water partition coefficient (Wildman–Crippen LogP) is 1.84. The van der Waals surface area contributed by atoms with E-state index in [0.717, 1.165) is 51.4 Å². The highest BCUT2D eigenvalue weighted by Crippen LogP contribution is 2.16. The number of hydrogen-bond donors (Lipinski definition) is 1. The number of rotatable bonds is 6. The number of piperazine rings is 1. The van der Waals surface area contributed by atoms with Crippen LogP contribution in [0.3, 0.4) is 0 Å². The molecule has 0 aliphatic carbocycles. The molecule has 1 heterocycles. The fourth-order valence-electron chi connectivity index (χ4n) is 2.57. The van der Waals surface area contributed by atoms with Crippen molar-refractivity contribution in [2.75, 3.05) is 44.2 Å². The third kappa shape index (κ3) is 4.69. The fourth-order valence-corrected chi connectivity index (χ4v) is 2.57. The Morgan fingerprint density at radius 1 is 1.24 bits per heavy atom. The maximum absolute atomic E-state index is 12.9. The Bertz CT molecular complexity index is 460. The standard InChI is InChI=1S/C16H23FN4/c1-2-7-19-15(12-18)13-20-8-10-21(11-9-20)16-5-3-14(17)4-6-16/h3-6,15,19H,2,7-11,13H2,1H3. The summed E-state index contributed by atoms with van der Waals surface area (Å²) in [4.78, 5) is 4.58. The van der Waals surface area contributed by atoms with Crippen molar-refractivity contribution in [1.29, 1.82) is 5.26 Å². The van der Waals surface area contributed by atoms with Crippen LogP contribution in [-0.2, 0) is 0 Å². The Morgan fingerprint density at radius 2 is 1.90 bits per heavy atom. The monoisotopic (exact) mass is 290 g/mol. The number of nitriles is 1. The summed E-state index contributed by atoms with van der Waals surface area (Å²) in [7, 11) is 0. The SMILES string of the molecule is CCCNC(C#N)CN1CCN(c2ccc(F)cc2)CC1. The Labute approximate surface area is 126 Å². The van der Waals surface area contributed by atoms with Gasteiger partial charge in [0, 0.05) is 38.4 Å². The van der Waals surface area contributed by atoms with E-state index in [4.69, 9.17) is 5.26 Å². The quantitative estimate of drug-likeness (QED) is 0.868. The van der Waals surface area contributed by atoms with Crippen molar-refractivity contribution < 1.29 is 4.39 Å². The van der Waals surface area contributed by atoms with Crippen LogP contribution in [-0.4, -0.2) is 50.2 Å². The van der Waals surface area contributed by atoms with Crippen LogP contribution in [0.4, 0.5) is 10.1 Å². The van der Waals surface area contributed by atoms with Crippen LogP contribution in [0.2, 0.25) is 0 Å². The van der Waals surface area contributed by atoms with Gasteiger partial charge in [-0.25, -0.2) is 4.39 Å². The minimum atomic E-state index is -0.198. The summed E-state index contributed by atoms with van der Waals surface area (Å²) in [5, 5.41) is 12.4. The second-order valence-corrected chi connectivity index (χ2v) is 5.40. The van der Waals surface area contributed by atoms with E-state index < -0.39 is 0 Å². The van der Waals surface area contributed by atoms with Crippen molar-refractivity contribution in [3.8, 4) is 6.07 Å². The van der Waals surface area contributed by atoms with Crippen LogP contribution in [0.5, 0.6) is 0 Å². The minimum absolute atomic E-state index is 0.0951. The van der Waals surface area contributed by atoms with E-state index in [1.54, 1.807) is 0 Å². The average molecular weight is 290 g/mol. The van der Waals surface area contributed by atoms with E-state index in [2.05, 4.69) is 28.1 Å². The van der Waals surface area contributed by atoms with Crippen LogP contribution < -0.4 is 10.2 Å². The highest BCUT2D eigenvalue weighted by molar-refractivity contribution is 5.46. The van der Waals surface area contributed by atoms with Gasteiger partial charge in [0.15, 0.2) is 0 Å². The molecule has 0 radical (unpaired) electrons. The topological polar surface area (TPSA) is 42.3 Å². The van der Waals surface area contributed by atoms with Gasteiger partial charge in [0.25, 0.3) is 0 Å². The summed E-state index contributed by atoms with van der Waals surface area (Å²) in [6.07, 6.45) is 1.04. The van der Waals surface area contributed by atoms with Gasteiger partial charge >= 0.3 is 0 Å². The van der Waals surface area contributed by atoms with Crippen molar-refractivity contribution in [3.05, 3.63) is 30.1 Å². The summed E-state index contributed by atoms with van der Waals surface area (Å²) in [5.74, 6) is -0.198. The summed E-state index contributed by atoms with van der Waals surface area (Å²) >= 11 is 0. The Balaban J connectivity index is 1.80. The molecular weight excluding hydrogens is 267 g/mol. The zero-order chi connectivity index (χ0) is 15.1. The van der Waals surface area contributed by atoms with Crippen molar-refractivity contribution >= 4 is 5.69 Å². The van der Waals surface area contributed by atoms with E-state index in [1.165, 1.54) is 12.1 Å². The molecule has 1 N–H and O–H groups in total. The first kappa shape index (κ1) is 15.7. The van der Waals surface area contributed by atoms with E-state index in [1.807, 2.05) is 12.1 Å². The van der Waals surface area contributed by atoms with Crippen LogP contribution in [0.1, 0.15) is 13.3 Å². The first-order chi connectivity index (χ1) is 10.2. The molecule has 1 aromatic rings. The Morgan fingerprint density at radius 3 is 2.48 bits per heavy atom. The van der Waals surface area contributed by atoms with Crippen LogP contribution >= 0.6 is 0 Å². The van der Waals surface area contributed by atoms with Crippen molar-refractivity contribution in [3.63, 3.8) is 0 Å². The lowest BCUT2D eigenvalue weighted by Crippen LogP contribution is -2.50. The molecule has 1 saturated heterocycles. The third-order valence-electron chi connectivity index (χ3n) is 3.80. The highest BCUT2D eigenvalue weighted by atomic mass is 19.1. The first-order valence-electron chi connectivity index (χ1n) is 7.58. The van der Waals surface area contributed by atoms with E-state index in [0.29, 0.717) is 0 Å². The second-order valence-electron chi connectivity index (χ2n) is 5.40. The minimum Gasteiger partial charge on any atom is -0.369 e. The molecule has 1 aliphatic heterocycles. The number of nitrogens with zero attached hydrogens (tertiary/aromatic N) is 3. The first-order valence-corrected chi connectivity index (χ1v) is 7.58. The average Bonchev–Trinajstić information content (AvgIpc) is 2.53. The van der Waals surface area contributed by atoms with E-state index in [-0.39, 0.29) is 11.9 Å². The number of halogens is 1. The highest BCUT2D eigenvalue weighted by Gasteiger charge is 2.19. The van der Waals surface area contributed by atoms with Crippen molar-refractivity contribution in [1.82, 2.24) is 10.2 Å². The number of nitrogens with one attached hydrogen (secondary N) is 1. The molecule has 1 aliphatic rings. The van der Waals surface area contributed by atoms with E-state index >= 15 is 0 Å². The molecule has 1 aromatic carbocycles. The molecule has 0 bridgehead atoms. The lowest BCUT2D eigenvalue weighted by molar-refractivity contribution is 0.243. The molecule has 1 unspecified atom stereocenters. The van der Waals surface area contributed by atoms with Gasteiger partial charge in [0.2, 0.25) is 0 Å². The van der Waals surface area contributed by atoms with Gasteiger partial charge in [-0.3, -0.25) is 4.90 Å². The third-order valence-corrected chi connectivity index (χ3v) is 3.80. The molecule has 0 aromatic heterocycles. The van der Waals surface area contributed by atoms with Gasteiger partial charge in [0.1, 0.15) is 11.9 Å². The van der Waals surface area contributed by atoms with Crippen LogP contribution in [0, 0.1) is 17.1 Å².